The number of ether oxygens (including phenoxy) is 1. The van der Waals surface area contributed by atoms with Crippen molar-refractivity contribution in [2.45, 2.75) is 36.7 Å². The normalized spacial score (nSPS) is 37.7. The molecular weight excluding hydrogens is 310 g/mol. The number of hydrogen-bond acceptors (Lipinski definition) is 7. The van der Waals surface area contributed by atoms with E-state index in [0.29, 0.717) is 17.6 Å². The Bertz CT molecular complexity index is 821. The highest BCUT2D eigenvalue weighted by Gasteiger charge is 2.88. The van der Waals surface area contributed by atoms with E-state index >= 15 is 0 Å². The zero-order valence-corrected chi connectivity index (χ0v) is 12.3. The molecule has 116 valence electrons. The summed E-state index contributed by atoms with van der Waals surface area (Å²) in [5.41, 5.74) is 4.69. The van der Waals surface area contributed by atoms with Gasteiger partial charge in [-0.25, -0.2) is 4.98 Å². The van der Waals surface area contributed by atoms with Crippen LogP contribution in [0.1, 0.15) is 19.3 Å². The number of anilines is 1. The second-order valence-corrected chi connectivity index (χ2v) is 6.76. The van der Waals surface area contributed by atoms with Gasteiger partial charge in [-0.1, -0.05) is 0 Å². The van der Waals surface area contributed by atoms with Crippen molar-refractivity contribution in [2.24, 2.45) is 5.41 Å². The van der Waals surface area contributed by atoms with Gasteiger partial charge in [-0.05, 0) is 24.4 Å². The van der Waals surface area contributed by atoms with Crippen LogP contribution < -0.4 is 5.73 Å². The maximum Gasteiger partial charge on any atom is 0.226 e. The molecule has 8 nitrogen and oxygen atoms in total. The third-order valence-electron chi connectivity index (χ3n) is 5.66. The maximum atomic E-state index is 10.9. The SMILES string of the molecule is Nc1nc(Cl)nc2c1ncn2[C@]12CC(O)([C@@H](CO)O1)C21CC1. The van der Waals surface area contributed by atoms with E-state index in [9.17, 15) is 10.2 Å². The number of aromatic nitrogens is 4. The van der Waals surface area contributed by atoms with Crippen LogP contribution in [0.15, 0.2) is 6.33 Å². The van der Waals surface area contributed by atoms with Crippen LogP contribution in [-0.4, -0.2) is 48.0 Å². The highest BCUT2D eigenvalue weighted by molar-refractivity contribution is 6.28. The summed E-state index contributed by atoms with van der Waals surface area (Å²) in [6.07, 6.45) is 3.09. The lowest BCUT2D eigenvalue weighted by Crippen LogP contribution is -2.63. The number of aliphatic hydroxyl groups is 2. The van der Waals surface area contributed by atoms with Crippen LogP contribution in [0.2, 0.25) is 5.28 Å². The van der Waals surface area contributed by atoms with Crippen molar-refractivity contribution in [3.8, 4) is 0 Å². The molecule has 3 atom stereocenters. The predicted octanol–water partition coefficient (Wildman–Crippen LogP) is 0.0208. The first kappa shape index (κ1) is 13.0. The predicted molar refractivity (Wildman–Crippen MR) is 75.9 cm³/mol. The van der Waals surface area contributed by atoms with E-state index in [0.717, 1.165) is 12.8 Å². The molecule has 0 aromatic carbocycles. The van der Waals surface area contributed by atoms with Crippen LogP contribution >= 0.6 is 11.6 Å². The maximum absolute atomic E-state index is 10.9. The molecule has 9 heteroatoms. The Labute approximate surface area is 129 Å². The fourth-order valence-corrected chi connectivity index (χ4v) is 4.68. The first-order chi connectivity index (χ1) is 10.5. The van der Waals surface area contributed by atoms with Gasteiger partial charge in [-0.2, -0.15) is 9.97 Å². The topological polar surface area (TPSA) is 119 Å². The summed E-state index contributed by atoms with van der Waals surface area (Å²) in [7, 11) is 0. The minimum Gasteiger partial charge on any atom is -0.394 e. The highest BCUT2D eigenvalue weighted by atomic mass is 35.5. The van der Waals surface area contributed by atoms with Crippen LogP contribution in [0.5, 0.6) is 0 Å². The Morgan fingerprint density at radius 1 is 1.45 bits per heavy atom. The van der Waals surface area contributed by atoms with Gasteiger partial charge in [0.1, 0.15) is 17.2 Å². The molecule has 6 rings (SSSR count). The molecule has 2 bridgehead atoms. The summed E-state index contributed by atoms with van der Waals surface area (Å²) in [4.78, 5) is 12.4. The first-order valence-corrected chi connectivity index (χ1v) is 7.53. The molecule has 2 aliphatic carbocycles. The van der Waals surface area contributed by atoms with Gasteiger partial charge < -0.3 is 20.7 Å². The number of nitrogen functional groups attached to an aromatic ring is 1. The summed E-state index contributed by atoms with van der Waals surface area (Å²) in [6.45, 7) is -0.218. The molecule has 2 aromatic rings. The molecular formula is C13H14ClN5O3. The second-order valence-electron chi connectivity index (χ2n) is 6.42. The first-order valence-electron chi connectivity index (χ1n) is 7.15. The average Bonchev–Trinajstić information content (AvgIpc) is 3.09. The zero-order chi connectivity index (χ0) is 15.3. The smallest absolute Gasteiger partial charge is 0.226 e. The lowest BCUT2D eigenvalue weighted by molar-refractivity contribution is -0.196. The van der Waals surface area contributed by atoms with Gasteiger partial charge >= 0.3 is 0 Å². The van der Waals surface area contributed by atoms with E-state index in [1.807, 2.05) is 0 Å². The lowest BCUT2D eigenvalue weighted by atomic mass is 9.60. The van der Waals surface area contributed by atoms with Crippen molar-refractivity contribution in [1.82, 2.24) is 19.5 Å². The molecule has 1 spiro atoms. The molecule has 2 aromatic heterocycles. The van der Waals surface area contributed by atoms with Gasteiger partial charge in [0.15, 0.2) is 17.2 Å². The van der Waals surface area contributed by atoms with Gasteiger partial charge in [0, 0.05) is 6.42 Å². The third kappa shape index (κ3) is 1.11. The van der Waals surface area contributed by atoms with E-state index in [1.54, 1.807) is 10.9 Å². The minimum absolute atomic E-state index is 0.0410. The molecule has 22 heavy (non-hydrogen) atoms. The molecule has 4 aliphatic rings. The van der Waals surface area contributed by atoms with Crippen molar-refractivity contribution in [1.29, 1.82) is 0 Å². The van der Waals surface area contributed by atoms with Crippen LogP contribution in [0.3, 0.4) is 0 Å². The Morgan fingerprint density at radius 3 is 2.91 bits per heavy atom. The molecule has 0 amide bonds. The molecule has 2 saturated heterocycles. The number of hydrogen-bond donors (Lipinski definition) is 3. The van der Waals surface area contributed by atoms with Gasteiger partial charge in [0.05, 0.1) is 18.3 Å². The number of fused-ring (bicyclic) bond motifs is 2. The average molecular weight is 324 g/mol. The third-order valence-corrected chi connectivity index (χ3v) is 5.83. The van der Waals surface area contributed by atoms with Crippen molar-refractivity contribution in [3.05, 3.63) is 11.6 Å². The van der Waals surface area contributed by atoms with Crippen molar-refractivity contribution >= 4 is 28.6 Å². The Hall–Kier alpha value is -1.48. The molecule has 0 radical (unpaired) electrons. The number of halogens is 1. The van der Waals surface area contributed by atoms with Gasteiger partial charge in [0.2, 0.25) is 5.28 Å². The standard InChI is InChI=1S/C13H14ClN5O3/c14-10-17-8(15)7-9(18-10)19(5-16-7)13-4-12(21,6(3-20)22-13)11(13)1-2-11/h5-6,20-21H,1-4H2,(H2,15,17,18)/t6-,12?,13-/m1/s1. The Balaban J connectivity index is 1.74. The van der Waals surface area contributed by atoms with Crippen LogP contribution in [-0.2, 0) is 10.5 Å². The van der Waals surface area contributed by atoms with Gasteiger partial charge in [-0.15, -0.1) is 0 Å². The largest absolute Gasteiger partial charge is 0.394 e. The van der Waals surface area contributed by atoms with E-state index in [-0.39, 0.29) is 23.1 Å². The van der Waals surface area contributed by atoms with E-state index in [1.165, 1.54) is 0 Å². The summed E-state index contributed by atoms with van der Waals surface area (Å²) in [5.74, 6) is 0.210. The van der Waals surface area contributed by atoms with Crippen LogP contribution in [0.4, 0.5) is 5.82 Å². The zero-order valence-electron chi connectivity index (χ0n) is 11.5. The Morgan fingerprint density at radius 2 is 2.23 bits per heavy atom. The van der Waals surface area contributed by atoms with E-state index in [4.69, 9.17) is 22.1 Å². The summed E-state index contributed by atoms with van der Waals surface area (Å²) >= 11 is 5.91. The van der Waals surface area contributed by atoms with Crippen molar-refractivity contribution < 1.29 is 14.9 Å². The minimum atomic E-state index is -0.985. The van der Waals surface area contributed by atoms with E-state index < -0.39 is 17.4 Å². The van der Waals surface area contributed by atoms with Gasteiger partial charge in [0.25, 0.3) is 0 Å². The van der Waals surface area contributed by atoms with Crippen molar-refractivity contribution in [2.75, 3.05) is 12.3 Å². The second kappa shape index (κ2) is 3.53. The van der Waals surface area contributed by atoms with Crippen LogP contribution in [0.25, 0.3) is 11.2 Å². The Kier molecular flexibility index (Phi) is 2.09. The molecule has 4 N–H and O–H groups in total. The summed E-state index contributed by atoms with van der Waals surface area (Å²) in [5, 5.41) is 20.4. The lowest BCUT2D eigenvalue weighted by Gasteiger charge is -2.51. The molecule has 4 heterocycles. The van der Waals surface area contributed by atoms with E-state index in [2.05, 4.69) is 15.0 Å². The molecule has 2 aliphatic heterocycles. The number of aliphatic hydroxyl groups excluding tert-OH is 1. The quantitative estimate of drug-likeness (QED) is 0.666. The fourth-order valence-electron chi connectivity index (χ4n) is 4.51. The monoisotopic (exact) mass is 323 g/mol. The number of rotatable bonds is 2. The summed E-state index contributed by atoms with van der Waals surface area (Å²) < 4.78 is 7.86. The number of nitrogens with two attached hydrogens (primary N) is 1. The molecule has 4 fully saturated rings. The summed E-state index contributed by atoms with van der Waals surface area (Å²) in [6, 6.07) is 0. The molecule has 1 unspecified atom stereocenters. The van der Waals surface area contributed by atoms with Crippen LogP contribution in [0, 0.1) is 5.41 Å². The number of imidazole rings is 1. The fraction of sp³-hybridized carbons (Fsp3) is 0.615. The highest BCUT2D eigenvalue weighted by Crippen LogP contribution is 2.81. The number of nitrogens with zero attached hydrogens (tertiary/aromatic N) is 4. The molecule has 2 saturated carbocycles. The van der Waals surface area contributed by atoms with Gasteiger partial charge in [-0.3, -0.25) is 4.57 Å². The van der Waals surface area contributed by atoms with Crippen molar-refractivity contribution in [3.63, 3.8) is 0 Å².